The van der Waals surface area contributed by atoms with E-state index in [9.17, 15) is 0 Å². The summed E-state index contributed by atoms with van der Waals surface area (Å²) >= 11 is 0. The first-order valence-corrected chi connectivity index (χ1v) is 6.30. The molecule has 0 N–H and O–H groups in total. The summed E-state index contributed by atoms with van der Waals surface area (Å²) < 4.78 is 0. The van der Waals surface area contributed by atoms with Crippen molar-refractivity contribution in [3.05, 3.63) is 0 Å². The molecule has 0 aromatic heterocycles. The molecule has 1 aliphatic carbocycles. The number of rotatable bonds is 1. The summed E-state index contributed by atoms with van der Waals surface area (Å²) in [7, 11) is 0. The van der Waals surface area contributed by atoms with E-state index in [1.165, 1.54) is 64.2 Å². The van der Waals surface area contributed by atoms with Gasteiger partial charge in [0.25, 0.3) is 0 Å². The highest BCUT2D eigenvalue weighted by Gasteiger charge is 2.08. The van der Waals surface area contributed by atoms with Gasteiger partial charge in [-0.3, -0.25) is 0 Å². The molecule has 1 rings (SSSR count). The standard InChI is InChI=1S/C13H23N/c14-12-11-13-9-7-5-3-1-2-4-6-8-10-13/h13H,1-11H2. The van der Waals surface area contributed by atoms with Gasteiger partial charge in [0.05, 0.1) is 6.07 Å². The van der Waals surface area contributed by atoms with Crippen LogP contribution in [0.15, 0.2) is 0 Å². The maximum Gasteiger partial charge on any atom is 0.0624 e. The van der Waals surface area contributed by atoms with Crippen molar-refractivity contribution < 1.29 is 0 Å². The minimum Gasteiger partial charge on any atom is -0.198 e. The molecule has 0 radical (unpaired) electrons. The first kappa shape index (κ1) is 11.6. The molecule has 0 amide bonds. The highest BCUT2D eigenvalue weighted by atomic mass is 14.2. The summed E-state index contributed by atoms with van der Waals surface area (Å²) in [5.74, 6) is 0.707. The quantitative estimate of drug-likeness (QED) is 0.604. The Morgan fingerprint density at radius 1 is 0.786 bits per heavy atom. The molecule has 1 fully saturated rings. The monoisotopic (exact) mass is 193 g/mol. The third-order valence-corrected chi connectivity index (χ3v) is 3.35. The van der Waals surface area contributed by atoms with Gasteiger partial charge in [-0.25, -0.2) is 0 Å². The number of hydrogen-bond donors (Lipinski definition) is 0. The van der Waals surface area contributed by atoms with E-state index in [0.717, 1.165) is 6.42 Å². The lowest BCUT2D eigenvalue weighted by Crippen LogP contribution is -1.99. The van der Waals surface area contributed by atoms with Gasteiger partial charge in [0, 0.05) is 6.42 Å². The Labute approximate surface area is 88.5 Å². The van der Waals surface area contributed by atoms with Crippen molar-refractivity contribution in [3.63, 3.8) is 0 Å². The van der Waals surface area contributed by atoms with Crippen LogP contribution in [0, 0.1) is 17.2 Å². The lowest BCUT2D eigenvalue weighted by atomic mass is 9.93. The Hall–Kier alpha value is -0.510. The molecular formula is C13H23N. The molecule has 0 aliphatic heterocycles. The predicted octanol–water partition coefficient (Wildman–Crippen LogP) is 4.43. The van der Waals surface area contributed by atoms with Gasteiger partial charge in [-0.2, -0.15) is 5.26 Å². The Morgan fingerprint density at radius 2 is 1.21 bits per heavy atom. The van der Waals surface area contributed by atoms with Crippen molar-refractivity contribution in [2.24, 2.45) is 5.92 Å². The number of nitrogens with zero attached hydrogens (tertiary/aromatic N) is 1. The second-order valence-electron chi connectivity index (χ2n) is 4.63. The highest BCUT2D eigenvalue weighted by Crippen LogP contribution is 2.22. The van der Waals surface area contributed by atoms with E-state index in [1.807, 2.05) is 0 Å². The van der Waals surface area contributed by atoms with E-state index in [1.54, 1.807) is 0 Å². The Kier molecular flexibility index (Phi) is 6.49. The maximum atomic E-state index is 8.71. The molecule has 1 heteroatoms. The van der Waals surface area contributed by atoms with Crippen molar-refractivity contribution >= 4 is 0 Å². The predicted molar refractivity (Wildman–Crippen MR) is 59.9 cm³/mol. The molecule has 0 unspecified atom stereocenters. The third kappa shape index (κ3) is 5.27. The van der Waals surface area contributed by atoms with Crippen molar-refractivity contribution in [2.45, 2.75) is 70.6 Å². The molecule has 1 saturated carbocycles. The number of nitriles is 1. The van der Waals surface area contributed by atoms with Gasteiger partial charge in [-0.05, 0) is 18.8 Å². The van der Waals surface area contributed by atoms with Crippen molar-refractivity contribution in [1.82, 2.24) is 0 Å². The molecule has 1 aliphatic rings. The van der Waals surface area contributed by atoms with Crippen LogP contribution in [-0.2, 0) is 0 Å². The minimum atomic E-state index is 0.707. The minimum absolute atomic E-state index is 0.707. The summed E-state index contributed by atoms with van der Waals surface area (Å²) in [6.45, 7) is 0. The lowest BCUT2D eigenvalue weighted by molar-refractivity contribution is 0.421. The van der Waals surface area contributed by atoms with E-state index >= 15 is 0 Å². The van der Waals surface area contributed by atoms with Crippen LogP contribution in [0.1, 0.15) is 70.6 Å². The summed E-state index contributed by atoms with van der Waals surface area (Å²) in [6.07, 6.45) is 14.6. The molecule has 0 atom stereocenters. The van der Waals surface area contributed by atoms with E-state index in [4.69, 9.17) is 5.26 Å². The van der Waals surface area contributed by atoms with Crippen molar-refractivity contribution in [1.29, 1.82) is 5.26 Å². The van der Waals surface area contributed by atoms with E-state index in [-0.39, 0.29) is 0 Å². The fraction of sp³-hybridized carbons (Fsp3) is 0.923. The van der Waals surface area contributed by atoms with Gasteiger partial charge < -0.3 is 0 Å². The molecule has 0 aromatic rings. The molecule has 0 spiro atoms. The first-order chi connectivity index (χ1) is 6.93. The second kappa shape index (κ2) is 7.85. The van der Waals surface area contributed by atoms with E-state index in [0.29, 0.717) is 5.92 Å². The van der Waals surface area contributed by atoms with Crippen LogP contribution in [0.2, 0.25) is 0 Å². The largest absolute Gasteiger partial charge is 0.198 e. The van der Waals surface area contributed by atoms with Gasteiger partial charge in [0.2, 0.25) is 0 Å². The highest BCUT2D eigenvalue weighted by molar-refractivity contribution is 4.76. The number of hydrogen-bond acceptors (Lipinski definition) is 1. The molecule has 0 bridgehead atoms. The van der Waals surface area contributed by atoms with Gasteiger partial charge in [0.1, 0.15) is 0 Å². The average molecular weight is 193 g/mol. The summed E-state index contributed by atoms with van der Waals surface area (Å²) in [5, 5.41) is 8.71. The molecule has 0 aromatic carbocycles. The summed E-state index contributed by atoms with van der Waals surface area (Å²) in [4.78, 5) is 0. The first-order valence-electron chi connectivity index (χ1n) is 6.30. The SMILES string of the molecule is N#CCC1CCCCCCCCCC1. The smallest absolute Gasteiger partial charge is 0.0624 e. The Balaban J connectivity index is 2.24. The normalized spacial score (nSPS) is 22.2. The zero-order valence-electron chi connectivity index (χ0n) is 9.30. The van der Waals surface area contributed by atoms with E-state index in [2.05, 4.69) is 6.07 Å². The molecule has 80 valence electrons. The third-order valence-electron chi connectivity index (χ3n) is 3.35. The zero-order chi connectivity index (χ0) is 10.1. The van der Waals surface area contributed by atoms with Gasteiger partial charge in [-0.1, -0.05) is 51.4 Å². The summed E-state index contributed by atoms with van der Waals surface area (Å²) in [5.41, 5.74) is 0. The topological polar surface area (TPSA) is 23.8 Å². The van der Waals surface area contributed by atoms with Crippen molar-refractivity contribution in [2.75, 3.05) is 0 Å². The van der Waals surface area contributed by atoms with Gasteiger partial charge in [-0.15, -0.1) is 0 Å². The van der Waals surface area contributed by atoms with Crippen LogP contribution in [0.25, 0.3) is 0 Å². The second-order valence-corrected chi connectivity index (χ2v) is 4.63. The zero-order valence-corrected chi connectivity index (χ0v) is 9.30. The van der Waals surface area contributed by atoms with Gasteiger partial charge >= 0.3 is 0 Å². The van der Waals surface area contributed by atoms with Crippen LogP contribution in [0.5, 0.6) is 0 Å². The Bertz CT molecular complexity index is 157. The Morgan fingerprint density at radius 3 is 1.64 bits per heavy atom. The lowest BCUT2D eigenvalue weighted by Gasteiger charge is -2.12. The van der Waals surface area contributed by atoms with Crippen LogP contribution >= 0.6 is 0 Å². The van der Waals surface area contributed by atoms with Crippen LogP contribution in [0.3, 0.4) is 0 Å². The van der Waals surface area contributed by atoms with Gasteiger partial charge in [0.15, 0.2) is 0 Å². The van der Waals surface area contributed by atoms with Crippen LogP contribution in [-0.4, -0.2) is 0 Å². The average Bonchev–Trinajstić information content (AvgIpc) is 2.24. The van der Waals surface area contributed by atoms with Crippen LogP contribution in [0.4, 0.5) is 0 Å². The molecule has 1 nitrogen and oxygen atoms in total. The maximum absolute atomic E-state index is 8.71. The molecular weight excluding hydrogens is 170 g/mol. The van der Waals surface area contributed by atoms with Crippen molar-refractivity contribution in [3.8, 4) is 6.07 Å². The molecule has 0 saturated heterocycles. The molecule has 0 heterocycles. The van der Waals surface area contributed by atoms with E-state index < -0.39 is 0 Å². The summed E-state index contributed by atoms with van der Waals surface area (Å²) in [6, 6.07) is 2.34. The fourth-order valence-electron chi connectivity index (χ4n) is 2.40. The van der Waals surface area contributed by atoms with Crippen LogP contribution < -0.4 is 0 Å². The molecule has 14 heavy (non-hydrogen) atoms. The fourth-order valence-corrected chi connectivity index (χ4v) is 2.40.